The molecule has 4 rings (SSSR count). The molecule has 0 atom stereocenters. The molecular formula is C28H34N6O2S. The van der Waals surface area contributed by atoms with Crippen molar-refractivity contribution in [1.29, 1.82) is 0 Å². The summed E-state index contributed by atoms with van der Waals surface area (Å²) in [5, 5.41) is 7.58. The van der Waals surface area contributed by atoms with Gasteiger partial charge in [0.2, 0.25) is 0 Å². The van der Waals surface area contributed by atoms with E-state index in [9.17, 15) is 0 Å². The summed E-state index contributed by atoms with van der Waals surface area (Å²) in [5.74, 6) is 3.06. The SMILES string of the molecule is CCOCc1cc(CNc2nc(C)nc(C)c2CN)ccc1-c1ccccc1SNc1noc(C)c1C. The largest absolute Gasteiger partial charge is 0.377 e. The molecular weight excluding hydrogens is 484 g/mol. The van der Waals surface area contributed by atoms with Crippen molar-refractivity contribution < 1.29 is 9.26 Å². The summed E-state index contributed by atoms with van der Waals surface area (Å²) in [4.78, 5) is 10.1. The minimum Gasteiger partial charge on any atom is -0.377 e. The van der Waals surface area contributed by atoms with E-state index >= 15 is 0 Å². The second-order valence-corrected chi connectivity index (χ2v) is 9.63. The molecule has 0 amide bonds. The van der Waals surface area contributed by atoms with E-state index in [1.54, 1.807) is 0 Å². The molecule has 0 aliphatic carbocycles. The third-order valence-corrected chi connectivity index (χ3v) is 7.08. The monoisotopic (exact) mass is 518 g/mol. The van der Waals surface area contributed by atoms with Gasteiger partial charge < -0.3 is 25.0 Å². The molecule has 2 aromatic heterocycles. The van der Waals surface area contributed by atoms with Gasteiger partial charge in [0.15, 0.2) is 5.82 Å². The molecule has 9 heteroatoms. The van der Waals surface area contributed by atoms with Gasteiger partial charge >= 0.3 is 0 Å². The fourth-order valence-electron chi connectivity index (χ4n) is 4.06. The van der Waals surface area contributed by atoms with E-state index in [-0.39, 0.29) is 0 Å². The van der Waals surface area contributed by atoms with Crippen LogP contribution in [0.4, 0.5) is 11.6 Å². The van der Waals surface area contributed by atoms with Crippen molar-refractivity contribution in [2.45, 2.75) is 59.2 Å². The van der Waals surface area contributed by atoms with E-state index in [0.717, 1.165) is 67.2 Å². The van der Waals surface area contributed by atoms with Crippen molar-refractivity contribution in [3.63, 3.8) is 0 Å². The lowest BCUT2D eigenvalue weighted by Crippen LogP contribution is -2.12. The maximum atomic E-state index is 5.97. The van der Waals surface area contributed by atoms with E-state index in [0.29, 0.717) is 26.3 Å². The Morgan fingerprint density at radius 3 is 2.54 bits per heavy atom. The first kappa shape index (κ1) is 26.7. The van der Waals surface area contributed by atoms with Crippen LogP contribution in [0.1, 0.15) is 46.5 Å². The highest BCUT2D eigenvalue weighted by Crippen LogP contribution is 2.35. The Kier molecular flexibility index (Phi) is 8.81. The summed E-state index contributed by atoms with van der Waals surface area (Å²) in [6, 6.07) is 14.8. The number of benzene rings is 2. The Morgan fingerprint density at radius 2 is 1.81 bits per heavy atom. The molecule has 37 heavy (non-hydrogen) atoms. The first-order valence-electron chi connectivity index (χ1n) is 12.3. The number of hydrogen-bond donors (Lipinski definition) is 3. The van der Waals surface area contributed by atoms with Crippen LogP contribution in [0.2, 0.25) is 0 Å². The zero-order chi connectivity index (χ0) is 26.4. The molecule has 0 bridgehead atoms. The number of nitrogens with two attached hydrogens (primary N) is 1. The van der Waals surface area contributed by atoms with Gasteiger partial charge in [0.05, 0.1) is 6.61 Å². The second-order valence-electron chi connectivity index (χ2n) is 8.78. The van der Waals surface area contributed by atoms with Gasteiger partial charge in [0.1, 0.15) is 17.4 Å². The van der Waals surface area contributed by atoms with Crippen LogP contribution in [0.25, 0.3) is 11.1 Å². The molecule has 4 aromatic rings. The maximum Gasteiger partial charge on any atom is 0.182 e. The Morgan fingerprint density at radius 1 is 1.00 bits per heavy atom. The highest BCUT2D eigenvalue weighted by Gasteiger charge is 2.14. The van der Waals surface area contributed by atoms with Crippen LogP contribution < -0.4 is 15.8 Å². The summed E-state index contributed by atoms with van der Waals surface area (Å²) in [6.45, 7) is 11.9. The van der Waals surface area contributed by atoms with Gasteiger partial charge in [-0.25, -0.2) is 9.97 Å². The molecule has 0 aliphatic rings. The first-order valence-corrected chi connectivity index (χ1v) is 13.2. The van der Waals surface area contributed by atoms with E-state index in [2.05, 4.69) is 61.6 Å². The molecule has 0 saturated carbocycles. The van der Waals surface area contributed by atoms with Gasteiger partial charge in [0, 0.05) is 41.4 Å². The molecule has 0 radical (unpaired) electrons. The topological polar surface area (TPSA) is 111 Å². The lowest BCUT2D eigenvalue weighted by molar-refractivity contribution is 0.134. The number of aromatic nitrogens is 3. The van der Waals surface area contributed by atoms with Gasteiger partial charge in [-0.1, -0.05) is 41.6 Å². The third kappa shape index (κ3) is 6.30. The molecule has 2 heterocycles. The van der Waals surface area contributed by atoms with Gasteiger partial charge in [0.25, 0.3) is 0 Å². The Hall–Kier alpha value is -3.40. The summed E-state index contributed by atoms with van der Waals surface area (Å²) in [6.07, 6.45) is 0. The minimum atomic E-state index is 0.388. The lowest BCUT2D eigenvalue weighted by atomic mass is 9.97. The number of hydrogen-bond acceptors (Lipinski definition) is 9. The van der Waals surface area contributed by atoms with Crippen molar-refractivity contribution in [2.24, 2.45) is 5.73 Å². The lowest BCUT2D eigenvalue weighted by Gasteiger charge is -2.17. The normalized spacial score (nSPS) is 11.1. The number of ether oxygens (including phenoxy) is 1. The molecule has 0 aliphatic heterocycles. The van der Waals surface area contributed by atoms with Crippen LogP contribution in [-0.4, -0.2) is 21.7 Å². The summed E-state index contributed by atoms with van der Waals surface area (Å²) < 4.78 is 14.5. The van der Waals surface area contributed by atoms with Crippen LogP contribution in [0, 0.1) is 27.7 Å². The molecule has 2 aromatic carbocycles. The van der Waals surface area contributed by atoms with Gasteiger partial charge in [-0.15, -0.1) is 0 Å². The molecule has 4 N–H and O–H groups in total. The Bertz CT molecular complexity index is 1370. The van der Waals surface area contributed by atoms with Crippen LogP contribution in [0.3, 0.4) is 0 Å². The average Bonchev–Trinajstić information content (AvgIpc) is 3.22. The average molecular weight is 519 g/mol. The Balaban J connectivity index is 1.60. The van der Waals surface area contributed by atoms with Crippen molar-refractivity contribution in [2.75, 3.05) is 16.6 Å². The van der Waals surface area contributed by atoms with E-state index in [1.807, 2.05) is 40.7 Å². The predicted octanol–water partition coefficient (Wildman–Crippen LogP) is 6.09. The fraction of sp³-hybridized carbons (Fsp3) is 0.321. The van der Waals surface area contributed by atoms with E-state index < -0.39 is 0 Å². The van der Waals surface area contributed by atoms with Crippen LogP contribution in [0.15, 0.2) is 51.9 Å². The highest BCUT2D eigenvalue weighted by molar-refractivity contribution is 8.00. The molecule has 0 saturated heterocycles. The molecule has 0 spiro atoms. The van der Waals surface area contributed by atoms with Crippen LogP contribution in [-0.2, 0) is 24.4 Å². The first-order chi connectivity index (χ1) is 17.9. The zero-order valence-corrected chi connectivity index (χ0v) is 22.8. The van der Waals surface area contributed by atoms with Crippen molar-refractivity contribution in [3.05, 3.63) is 82.0 Å². The number of rotatable bonds is 11. The van der Waals surface area contributed by atoms with Crippen molar-refractivity contribution >= 4 is 23.6 Å². The quantitative estimate of drug-likeness (QED) is 0.203. The fourth-order valence-corrected chi connectivity index (χ4v) is 4.89. The zero-order valence-electron chi connectivity index (χ0n) is 22.0. The summed E-state index contributed by atoms with van der Waals surface area (Å²) in [7, 11) is 0. The van der Waals surface area contributed by atoms with Gasteiger partial charge in [-0.3, -0.25) is 0 Å². The predicted molar refractivity (Wildman–Crippen MR) is 149 cm³/mol. The summed E-state index contributed by atoms with van der Waals surface area (Å²) in [5.41, 5.74) is 13.3. The molecule has 0 fully saturated rings. The third-order valence-electron chi connectivity index (χ3n) is 6.21. The molecule has 8 nitrogen and oxygen atoms in total. The highest BCUT2D eigenvalue weighted by atomic mass is 32.2. The summed E-state index contributed by atoms with van der Waals surface area (Å²) >= 11 is 1.52. The van der Waals surface area contributed by atoms with Crippen LogP contribution in [0.5, 0.6) is 0 Å². The number of nitrogens with zero attached hydrogens (tertiary/aromatic N) is 3. The molecule has 0 unspecified atom stereocenters. The number of aryl methyl sites for hydroxylation is 3. The number of anilines is 2. The van der Waals surface area contributed by atoms with Gasteiger partial charge in [-0.2, -0.15) is 0 Å². The smallest absolute Gasteiger partial charge is 0.182 e. The Labute approximate surface area is 222 Å². The standard InChI is InChI=1S/C28H34N6O2S/c1-6-35-16-22-13-21(15-30-28-25(14-29)18(3)31-20(5)32-28)11-12-23(22)24-9-7-8-10-26(24)37-34-27-17(2)19(4)36-33-27/h7-13H,6,14-16,29H2,1-5H3,(H,33,34)(H,30,31,32). The van der Waals surface area contributed by atoms with Crippen LogP contribution >= 0.6 is 11.9 Å². The van der Waals surface area contributed by atoms with Crippen molar-refractivity contribution in [3.8, 4) is 11.1 Å². The number of nitrogens with one attached hydrogen (secondary N) is 2. The minimum absolute atomic E-state index is 0.388. The molecule has 194 valence electrons. The van der Waals surface area contributed by atoms with E-state index in [4.69, 9.17) is 15.0 Å². The second kappa shape index (κ2) is 12.2. The van der Waals surface area contributed by atoms with Crippen molar-refractivity contribution in [1.82, 2.24) is 15.1 Å². The maximum absolute atomic E-state index is 5.97. The van der Waals surface area contributed by atoms with E-state index in [1.165, 1.54) is 11.9 Å². The van der Waals surface area contributed by atoms with Gasteiger partial charge in [-0.05, 0) is 74.9 Å².